The van der Waals surface area contributed by atoms with Crippen LogP contribution in [0, 0.1) is 11.7 Å². The van der Waals surface area contributed by atoms with Gasteiger partial charge in [-0.05, 0) is 42.3 Å². The van der Waals surface area contributed by atoms with Crippen LogP contribution in [0.3, 0.4) is 0 Å². The second-order valence-electron chi connectivity index (χ2n) is 6.95. The number of halogens is 1. The quantitative estimate of drug-likeness (QED) is 0.852. The van der Waals surface area contributed by atoms with Crippen molar-refractivity contribution in [3.05, 3.63) is 59.9 Å². The zero-order chi connectivity index (χ0) is 19.4. The zero-order valence-electron chi connectivity index (χ0n) is 15.6. The molecule has 0 bridgehead atoms. The number of benzene rings is 2. The predicted molar refractivity (Wildman–Crippen MR) is 104 cm³/mol. The first-order valence-corrected chi connectivity index (χ1v) is 9.04. The molecule has 2 aromatic carbocycles. The summed E-state index contributed by atoms with van der Waals surface area (Å²) in [6.45, 7) is 0.716. The highest BCUT2D eigenvalue weighted by molar-refractivity contribution is 6.00. The minimum Gasteiger partial charge on any atom is -0.378 e. The van der Waals surface area contributed by atoms with E-state index in [1.54, 1.807) is 23.1 Å². The van der Waals surface area contributed by atoms with E-state index in [0.29, 0.717) is 25.1 Å². The summed E-state index contributed by atoms with van der Waals surface area (Å²) in [5.74, 6) is -0.865. The van der Waals surface area contributed by atoms with Crippen molar-refractivity contribution in [2.75, 3.05) is 37.0 Å². The van der Waals surface area contributed by atoms with Crippen LogP contribution in [0.1, 0.15) is 12.0 Å². The number of amides is 2. The number of hydrogen-bond acceptors (Lipinski definition) is 3. The smallest absolute Gasteiger partial charge is 0.227 e. The Kier molecular flexibility index (Phi) is 5.74. The van der Waals surface area contributed by atoms with Gasteiger partial charge in [0.1, 0.15) is 5.82 Å². The fraction of sp³-hybridized carbons (Fsp3) is 0.333. The van der Waals surface area contributed by atoms with Crippen LogP contribution in [0.15, 0.2) is 48.5 Å². The first kappa shape index (κ1) is 18.9. The standard InChI is InChI=1S/C21H24FN3O2/c1-24(2)17-7-9-18(10-8-17)25-14-16(13-20(25)26)21(27)23-12-11-15-5-3-4-6-19(15)22/h3-10,16H,11-14H2,1-2H3,(H,23,27). The third-order valence-electron chi connectivity index (χ3n) is 4.83. The largest absolute Gasteiger partial charge is 0.378 e. The van der Waals surface area contributed by atoms with Gasteiger partial charge < -0.3 is 15.1 Å². The van der Waals surface area contributed by atoms with Crippen LogP contribution >= 0.6 is 0 Å². The van der Waals surface area contributed by atoms with Crippen LogP contribution in [-0.2, 0) is 16.0 Å². The van der Waals surface area contributed by atoms with E-state index in [4.69, 9.17) is 0 Å². The molecule has 0 radical (unpaired) electrons. The average molecular weight is 369 g/mol. The van der Waals surface area contributed by atoms with Gasteiger partial charge in [0.05, 0.1) is 5.92 Å². The van der Waals surface area contributed by atoms with Crippen LogP contribution in [-0.4, -0.2) is 39.0 Å². The summed E-state index contributed by atoms with van der Waals surface area (Å²) in [7, 11) is 3.91. The molecule has 1 atom stereocenters. The third kappa shape index (κ3) is 4.45. The second kappa shape index (κ2) is 8.20. The first-order valence-electron chi connectivity index (χ1n) is 9.04. The maximum Gasteiger partial charge on any atom is 0.227 e. The van der Waals surface area contributed by atoms with E-state index in [-0.39, 0.29) is 30.0 Å². The topological polar surface area (TPSA) is 52.6 Å². The van der Waals surface area contributed by atoms with E-state index >= 15 is 0 Å². The highest BCUT2D eigenvalue weighted by Crippen LogP contribution is 2.27. The fourth-order valence-corrected chi connectivity index (χ4v) is 3.23. The van der Waals surface area contributed by atoms with Crippen molar-refractivity contribution in [2.24, 2.45) is 5.92 Å². The highest BCUT2D eigenvalue weighted by Gasteiger charge is 2.34. The first-order chi connectivity index (χ1) is 13.0. The third-order valence-corrected chi connectivity index (χ3v) is 4.83. The van der Waals surface area contributed by atoms with Crippen molar-refractivity contribution in [1.82, 2.24) is 5.32 Å². The van der Waals surface area contributed by atoms with Gasteiger partial charge in [0.2, 0.25) is 11.8 Å². The Morgan fingerprint density at radius 3 is 2.56 bits per heavy atom. The lowest BCUT2D eigenvalue weighted by Crippen LogP contribution is -2.34. The molecule has 0 saturated carbocycles. The summed E-state index contributed by atoms with van der Waals surface area (Å²) >= 11 is 0. The molecule has 1 fully saturated rings. The number of nitrogens with one attached hydrogen (secondary N) is 1. The van der Waals surface area contributed by atoms with E-state index in [9.17, 15) is 14.0 Å². The van der Waals surface area contributed by atoms with E-state index in [0.717, 1.165) is 11.4 Å². The molecule has 1 saturated heterocycles. The van der Waals surface area contributed by atoms with Crippen molar-refractivity contribution in [1.29, 1.82) is 0 Å². The number of anilines is 2. The Morgan fingerprint density at radius 2 is 1.89 bits per heavy atom. The van der Waals surface area contributed by atoms with Crippen LogP contribution in [0.25, 0.3) is 0 Å². The number of nitrogens with zero attached hydrogens (tertiary/aromatic N) is 2. The molecule has 3 rings (SSSR count). The van der Waals surface area contributed by atoms with Crippen molar-refractivity contribution >= 4 is 23.2 Å². The van der Waals surface area contributed by atoms with Crippen LogP contribution in [0.5, 0.6) is 0 Å². The maximum atomic E-state index is 13.6. The van der Waals surface area contributed by atoms with Crippen LogP contribution in [0.4, 0.5) is 15.8 Å². The molecular formula is C21H24FN3O2. The molecule has 5 nitrogen and oxygen atoms in total. The lowest BCUT2D eigenvalue weighted by Gasteiger charge is -2.19. The van der Waals surface area contributed by atoms with Gasteiger partial charge in [-0.2, -0.15) is 0 Å². The van der Waals surface area contributed by atoms with Crippen molar-refractivity contribution < 1.29 is 14.0 Å². The summed E-state index contributed by atoms with van der Waals surface area (Å²) in [4.78, 5) is 28.4. The SMILES string of the molecule is CN(C)c1ccc(N2CC(C(=O)NCCc3ccccc3F)CC2=O)cc1. The molecular weight excluding hydrogens is 345 g/mol. The number of carbonyl (C=O) groups excluding carboxylic acids is 2. The lowest BCUT2D eigenvalue weighted by molar-refractivity contribution is -0.126. The predicted octanol–water partition coefficient (Wildman–Crippen LogP) is 2.60. The molecule has 1 N–H and O–H groups in total. The molecule has 1 unspecified atom stereocenters. The van der Waals surface area contributed by atoms with E-state index in [2.05, 4.69) is 5.32 Å². The fourth-order valence-electron chi connectivity index (χ4n) is 3.23. The Bertz CT molecular complexity index is 820. The summed E-state index contributed by atoms with van der Waals surface area (Å²) in [5, 5.41) is 2.83. The van der Waals surface area contributed by atoms with E-state index in [1.165, 1.54) is 6.07 Å². The van der Waals surface area contributed by atoms with Crippen molar-refractivity contribution in [2.45, 2.75) is 12.8 Å². The van der Waals surface area contributed by atoms with Crippen LogP contribution in [0.2, 0.25) is 0 Å². The van der Waals surface area contributed by atoms with Gasteiger partial charge in [-0.1, -0.05) is 18.2 Å². The summed E-state index contributed by atoms with van der Waals surface area (Å²) in [6.07, 6.45) is 0.621. The average Bonchev–Trinajstić information content (AvgIpc) is 3.05. The minimum atomic E-state index is -0.383. The Morgan fingerprint density at radius 1 is 1.19 bits per heavy atom. The van der Waals surface area contributed by atoms with Gasteiger partial charge in [-0.15, -0.1) is 0 Å². The Balaban J connectivity index is 1.55. The van der Waals surface area contributed by atoms with Gasteiger partial charge in [0.15, 0.2) is 0 Å². The molecule has 0 spiro atoms. The summed E-state index contributed by atoms with van der Waals surface area (Å²) in [5.41, 5.74) is 2.42. The number of carbonyl (C=O) groups is 2. The molecule has 6 heteroatoms. The normalized spacial score (nSPS) is 16.5. The van der Waals surface area contributed by atoms with Gasteiger partial charge in [0, 0.05) is 45.0 Å². The minimum absolute atomic E-state index is 0.0538. The van der Waals surface area contributed by atoms with Gasteiger partial charge in [-0.3, -0.25) is 9.59 Å². The molecule has 2 amide bonds. The monoisotopic (exact) mass is 369 g/mol. The second-order valence-corrected chi connectivity index (χ2v) is 6.95. The van der Waals surface area contributed by atoms with Crippen LogP contribution < -0.4 is 15.1 Å². The van der Waals surface area contributed by atoms with E-state index in [1.807, 2.05) is 43.3 Å². The molecule has 0 aromatic heterocycles. The maximum absolute atomic E-state index is 13.6. The lowest BCUT2D eigenvalue weighted by atomic mass is 10.1. The van der Waals surface area contributed by atoms with E-state index < -0.39 is 0 Å². The Hall–Kier alpha value is -2.89. The van der Waals surface area contributed by atoms with Crippen molar-refractivity contribution in [3.8, 4) is 0 Å². The molecule has 1 aliphatic rings. The van der Waals surface area contributed by atoms with Gasteiger partial charge in [0.25, 0.3) is 0 Å². The zero-order valence-corrected chi connectivity index (χ0v) is 15.6. The van der Waals surface area contributed by atoms with Gasteiger partial charge in [-0.25, -0.2) is 4.39 Å². The number of hydrogen-bond donors (Lipinski definition) is 1. The Labute approximate surface area is 158 Å². The molecule has 2 aromatic rings. The van der Waals surface area contributed by atoms with Crippen molar-refractivity contribution in [3.63, 3.8) is 0 Å². The molecule has 142 valence electrons. The molecule has 27 heavy (non-hydrogen) atoms. The molecule has 1 heterocycles. The molecule has 0 aliphatic carbocycles. The molecule has 1 aliphatic heterocycles. The summed E-state index contributed by atoms with van der Waals surface area (Å²) in [6, 6.07) is 14.2. The van der Waals surface area contributed by atoms with Gasteiger partial charge >= 0.3 is 0 Å². The number of rotatable bonds is 6. The highest BCUT2D eigenvalue weighted by atomic mass is 19.1. The summed E-state index contributed by atoms with van der Waals surface area (Å²) < 4.78 is 13.6.